The molecule has 2 aromatic rings. The Morgan fingerprint density at radius 1 is 1.26 bits per heavy atom. The van der Waals surface area contributed by atoms with E-state index in [0.717, 1.165) is 34.4 Å². The van der Waals surface area contributed by atoms with Gasteiger partial charge in [0.15, 0.2) is 5.56 Å². The van der Waals surface area contributed by atoms with Crippen LogP contribution < -0.4 is 16.6 Å². The van der Waals surface area contributed by atoms with Crippen molar-refractivity contribution in [2.45, 2.75) is 26.7 Å². The molecule has 0 bridgehead atoms. The summed E-state index contributed by atoms with van der Waals surface area (Å²) < 4.78 is 7.31. The Kier molecular flexibility index (Phi) is 4.69. The summed E-state index contributed by atoms with van der Waals surface area (Å²) in [5.74, 6) is 1.04. The zero-order chi connectivity index (χ0) is 17.1. The minimum atomic E-state index is -0.594. The number of hydrogen-bond donors (Lipinski definition) is 1. The molecule has 2 aromatic heterocycles. The Morgan fingerprint density at radius 3 is 2.52 bits per heavy atom. The van der Waals surface area contributed by atoms with Gasteiger partial charge < -0.3 is 9.84 Å². The zero-order valence-electron chi connectivity index (χ0n) is 13.6. The lowest BCUT2D eigenvalue weighted by atomic mass is 10.1. The molecule has 0 saturated carbocycles. The number of nitriles is 1. The Balaban J connectivity index is 2.14. The highest BCUT2D eigenvalue weighted by Gasteiger charge is 2.15. The van der Waals surface area contributed by atoms with Crippen LogP contribution in [0.2, 0.25) is 0 Å². The van der Waals surface area contributed by atoms with Crippen molar-refractivity contribution in [2.75, 3.05) is 11.9 Å². The fraction of sp³-hybridized carbons (Fsp3) is 0.467. The molecular formula is C15H19N5O3. The van der Waals surface area contributed by atoms with E-state index in [-0.39, 0.29) is 11.4 Å². The molecule has 0 aliphatic heterocycles. The Bertz CT molecular complexity index is 863. The first kappa shape index (κ1) is 16.5. The lowest BCUT2D eigenvalue weighted by molar-refractivity contribution is 0.392. The third-order valence-corrected chi connectivity index (χ3v) is 3.85. The highest BCUT2D eigenvalue weighted by atomic mass is 16.5. The number of nitrogens with one attached hydrogen (secondary N) is 1. The quantitative estimate of drug-likeness (QED) is 0.810. The third kappa shape index (κ3) is 3.04. The van der Waals surface area contributed by atoms with Gasteiger partial charge in [-0.05, 0) is 26.7 Å². The van der Waals surface area contributed by atoms with E-state index < -0.39 is 11.2 Å². The summed E-state index contributed by atoms with van der Waals surface area (Å²) in [5, 5.41) is 16.1. The van der Waals surface area contributed by atoms with Crippen LogP contribution in [-0.2, 0) is 20.5 Å². The van der Waals surface area contributed by atoms with E-state index in [1.807, 2.05) is 19.9 Å². The average Bonchev–Trinajstić information content (AvgIpc) is 2.85. The van der Waals surface area contributed by atoms with Crippen LogP contribution >= 0.6 is 0 Å². The van der Waals surface area contributed by atoms with E-state index in [2.05, 4.69) is 10.5 Å². The van der Waals surface area contributed by atoms with Crippen molar-refractivity contribution >= 4 is 5.82 Å². The maximum atomic E-state index is 12.0. The molecule has 0 fully saturated rings. The van der Waals surface area contributed by atoms with Gasteiger partial charge in [0.1, 0.15) is 17.6 Å². The Morgan fingerprint density at radius 2 is 1.96 bits per heavy atom. The number of hydrogen-bond acceptors (Lipinski definition) is 6. The van der Waals surface area contributed by atoms with Crippen LogP contribution in [0.15, 0.2) is 14.1 Å². The molecule has 0 saturated heterocycles. The molecule has 8 nitrogen and oxygen atoms in total. The molecule has 0 aromatic carbocycles. The summed E-state index contributed by atoms with van der Waals surface area (Å²) in [6.07, 6.45) is 1.51. The third-order valence-electron chi connectivity index (χ3n) is 3.85. The normalized spacial score (nSPS) is 10.6. The minimum absolute atomic E-state index is 0.0630. The topological polar surface area (TPSA) is 106 Å². The van der Waals surface area contributed by atoms with E-state index in [9.17, 15) is 14.9 Å². The summed E-state index contributed by atoms with van der Waals surface area (Å²) in [4.78, 5) is 23.9. The van der Waals surface area contributed by atoms with Gasteiger partial charge in [-0.15, -0.1) is 0 Å². The predicted octanol–water partition coefficient (Wildman–Crippen LogP) is 0.605. The van der Waals surface area contributed by atoms with Crippen LogP contribution in [0.5, 0.6) is 0 Å². The molecule has 0 spiro atoms. The number of rotatable bonds is 5. The van der Waals surface area contributed by atoms with Gasteiger partial charge in [-0.25, -0.2) is 4.79 Å². The molecule has 1 N–H and O–H groups in total. The smallest absolute Gasteiger partial charge is 0.332 e. The first-order valence-electron chi connectivity index (χ1n) is 7.24. The first-order chi connectivity index (χ1) is 10.9. The number of nitrogens with zero attached hydrogens (tertiary/aromatic N) is 4. The van der Waals surface area contributed by atoms with Gasteiger partial charge in [-0.1, -0.05) is 5.16 Å². The average molecular weight is 317 g/mol. The molecule has 8 heteroatoms. The van der Waals surface area contributed by atoms with Crippen LogP contribution in [0, 0.1) is 25.2 Å². The van der Waals surface area contributed by atoms with Gasteiger partial charge in [0.25, 0.3) is 5.56 Å². The first-order valence-corrected chi connectivity index (χ1v) is 7.24. The van der Waals surface area contributed by atoms with Gasteiger partial charge in [0.05, 0.1) is 5.69 Å². The number of aromatic nitrogens is 3. The van der Waals surface area contributed by atoms with Crippen molar-refractivity contribution in [1.29, 1.82) is 5.26 Å². The molecule has 0 atom stereocenters. The SMILES string of the molecule is Cc1noc(C)c1CCCNc1c(C#N)c(=O)n(C)c(=O)n1C. The fourth-order valence-corrected chi connectivity index (χ4v) is 2.48. The standard InChI is InChI=1S/C15H19N5O3/c1-9-11(10(2)23-18-9)6-5-7-17-13-12(8-16)14(21)20(4)15(22)19(13)3/h17H,5-7H2,1-4H3. The number of anilines is 1. The van der Waals surface area contributed by atoms with Crippen LogP contribution in [0.1, 0.15) is 29.0 Å². The zero-order valence-corrected chi connectivity index (χ0v) is 13.6. The van der Waals surface area contributed by atoms with Crippen molar-refractivity contribution in [2.24, 2.45) is 14.1 Å². The number of aryl methyl sites for hydroxylation is 2. The van der Waals surface area contributed by atoms with Gasteiger partial charge in [0.2, 0.25) is 0 Å². The largest absolute Gasteiger partial charge is 0.370 e. The molecule has 23 heavy (non-hydrogen) atoms. The van der Waals surface area contributed by atoms with E-state index in [1.165, 1.54) is 18.7 Å². The van der Waals surface area contributed by atoms with E-state index in [4.69, 9.17) is 4.52 Å². The second-order valence-electron chi connectivity index (χ2n) is 5.37. The minimum Gasteiger partial charge on any atom is -0.370 e. The molecule has 0 aliphatic rings. The summed E-state index contributed by atoms with van der Waals surface area (Å²) in [6, 6.07) is 1.86. The molecule has 0 radical (unpaired) electrons. The Labute approximate surface area is 132 Å². The molecule has 0 unspecified atom stereocenters. The van der Waals surface area contributed by atoms with Crippen molar-refractivity contribution in [1.82, 2.24) is 14.3 Å². The summed E-state index contributed by atoms with van der Waals surface area (Å²) >= 11 is 0. The van der Waals surface area contributed by atoms with E-state index in [0.29, 0.717) is 6.54 Å². The maximum absolute atomic E-state index is 12.0. The lowest BCUT2D eigenvalue weighted by Gasteiger charge is -2.13. The van der Waals surface area contributed by atoms with Crippen molar-refractivity contribution in [3.8, 4) is 6.07 Å². The van der Waals surface area contributed by atoms with Crippen molar-refractivity contribution < 1.29 is 4.52 Å². The molecule has 122 valence electrons. The second-order valence-corrected chi connectivity index (χ2v) is 5.37. The maximum Gasteiger partial charge on any atom is 0.332 e. The van der Waals surface area contributed by atoms with Gasteiger partial charge >= 0.3 is 5.69 Å². The van der Waals surface area contributed by atoms with E-state index in [1.54, 1.807) is 0 Å². The van der Waals surface area contributed by atoms with E-state index >= 15 is 0 Å². The van der Waals surface area contributed by atoms with Gasteiger partial charge in [-0.3, -0.25) is 13.9 Å². The fourth-order valence-electron chi connectivity index (χ4n) is 2.48. The van der Waals surface area contributed by atoms with Crippen LogP contribution in [0.3, 0.4) is 0 Å². The predicted molar refractivity (Wildman–Crippen MR) is 84.4 cm³/mol. The molecule has 0 amide bonds. The summed E-state index contributed by atoms with van der Waals surface area (Å²) in [5.41, 5.74) is 0.796. The van der Waals surface area contributed by atoms with Crippen molar-refractivity contribution in [3.63, 3.8) is 0 Å². The Hall–Kier alpha value is -2.82. The monoisotopic (exact) mass is 317 g/mol. The van der Waals surface area contributed by atoms with Crippen LogP contribution in [0.4, 0.5) is 5.82 Å². The van der Waals surface area contributed by atoms with Crippen molar-refractivity contribution in [3.05, 3.63) is 43.4 Å². The summed E-state index contributed by atoms with van der Waals surface area (Å²) in [7, 11) is 2.88. The summed E-state index contributed by atoms with van der Waals surface area (Å²) in [6.45, 7) is 4.26. The molecular weight excluding hydrogens is 298 g/mol. The molecule has 0 aliphatic carbocycles. The molecule has 2 heterocycles. The van der Waals surface area contributed by atoms with Gasteiger partial charge in [-0.2, -0.15) is 5.26 Å². The highest BCUT2D eigenvalue weighted by molar-refractivity contribution is 5.51. The lowest BCUT2D eigenvalue weighted by Crippen LogP contribution is -2.40. The highest BCUT2D eigenvalue weighted by Crippen LogP contribution is 2.14. The van der Waals surface area contributed by atoms with Crippen LogP contribution in [-0.4, -0.2) is 20.8 Å². The molecule has 2 rings (SSSR count). The van der Waals surface area contributed by atoms with Crippen LogP contribution in [0.25, 0.3) is 0 Å². The second kappa shape index (κ2) is 6.52. The van der Waals surface area contributed by atoms with Gasteiger partial charge in [0, 0.05) is 26.2 Å².